The number of aliphatic imine (C=N–C) groups is 1. The summed E-state index contributed by atoms with van der Waals surface area (Å²) < 4.78 is 6.26. The van der Waals surface area contributed by atoms with Gasteiger partial charge in [-0.15, -0.1) is 27.7 Å². The highest BCUT2D eigenvalue weighted by molar-refractivity contribution is 7.38. The van der Waals surface area contributed by atoms with Crippen LogP contribution in [0.15, 0.2) is 41.4 Å². The molecule has 3 atom stereocenters. The molecule has 0 aromatic heterocycles. The Balaban J connectivity index is 2.09. The molecule has 178 valence electrons. The van der Waals surface area contributed by atoms with Gasteiger partial charge in [-0.1, -0.05) is 65.2 Å². The van der Waals surface area contributed by atoms with E-state index in [0.29, 0.717) is 39.0 Å². The summed E-state index contributed by atoms with van der Waals surface area (Å²) in [5.41, 5.74) is 4.04. The van der Waals surface area contributed by atoms with Crippen molar-refractivity contribution < 1.29 is 9.84 Å². The molecule has 3 aromatic rings. The van der Waals surface area contributed by atoms with Crippen molar-refractivity contribution >= 4 is 82.2 Å². The molecule has 0 aliphatic heterocycles. The molecule has 4 radical (unpaired) electrons. The van der Waals surface area contributed by atoms with Crippen molar-refractivity contribution in [3.63, 3.8) is 0 Å². The largest absolute Gasteiger partial charge is 0.507 e. The number of rotatable bonds is 4. The maximum atomic E-state index is 11.1. The number of nitrogens with zero attached hydrogens (tertiary/aromatic N) is 1. The van der Waals surface area contributed by atoms with Gasteiger partial charge in [-0.3, -0.25) is 4.99 Å². The van der Waals surface area contributed by atoms with E-state index in [1.54, 1.807) is 6.21 Å². The number of hydrogen-bond acceptors (Lipinski definition) is 3. The third-order valence-corrected chi connectivity index (χ3v) is 8.03. The monoisotopic (exact) mass is 517 g/mol. The van der Waals surface area contributed by atoms with Gasteiger partial charge in [0.2, 0.25) is 0 Å². The van der Waals surface area contributed by atoms with Crippen LogP contribution in [0, 0.1) is 0 Å². The number of aromatic hydroxyl groups is 1. The highest BCUT2D eigenvalue weighted by Gasteiger charge is 2.24. The Kier molecular flexibility index (Phi) is 8.28. The number of hydrogen-bond donors (Lipinski definition) is 1. The lowest BCUT2D eigenvalue weighted by Crippen LogP contribution is -2.46. The first-order valence-corrected chi connectivity index (χ1v) is 13.1. The Morgan fingerprint density at radius 1 is 0.857 bits per heavy atom. The van der Waals surface area contributed by atoms with E-state index >= 15 is 0 Å². The van der Waals surface area contributed by atoms with Crippen LogP contribution in [-0.4, -0.2) is 27.0 Å². The van der Waals surface area contributed by atoms with Crippen LogP contribution in [0.1, 0.15) is 58.2 Å². The first kappa shape index (κ1) is 27.9. The van der Waals surface area contributed by atoms with Crippen LogP contribution in [0.25, 0.3) is 0 Å². The van der Waals surface area contributed by atoms with E-state index in [1.807, 2.05) is 30.3 Å². The standard InChI is InChI=1S/C27H32B2NO2P3/c1-26(2,3)15-11-14(21(31)16(12-15)27(4,5)6)13-30-17-9-7-8-10-18(17)32-22-19(28)23(33)20(29)24(34)25(22)35/h7-13,31H,33-35H2,1-6H3. The Bertz CT molecular complexity index is 1280. The number of benzene rings is 3. The van der Waals surface area contributed by atoms with Crippen molar-refractivity contribution in [2.45, 2.75) is 52.4 Å². The zero-order valence-electron chi connectivity index (χ0n) is 21.2. The maximum Gasteiger partial charge on any atom is 0.153 e. The van der Waals surface area contributed by atoms with Crippen molar-refractivity contribution in [1.29, 1.82) is 0 Å². The second-order valence-electron chi connectivity index (χ2n) is 10.7. The van der Waals surface area contributed by atoms with Gasteiger partial charge in [-0.05, 0) is 50.7 Å². The predicted octanol–water partition coefficient (Wildman–Crippen LogP) is 3.62. The molecule has 0 bridgehead atoms. The Morgan fingerprint density at radius 3 is 2.09 bits per heavy atom. The van der Waals surface area contributed by atoms with Gasteiger partial charge in [0, 0.05) is 22.6 Å². The molecule has 3 rings (SSSR count). The van der Waals surface area contributed by atoms with Crippen molar-refractivity contribution in [3.05, 3.63) is 53.1 Å². The number of ether oxygens (including phenoxy) is 1. The predicted molar refractivity (Wildman–Crippen MR) is 165 cm³/mol. The topological polar surface area (TPSA) is 41.8 Å². The average molecular weight is 517 g/mol. The molecule has 35 heavy (non-hydrogen) atoms. The fraction of sp³-hybridized carbons (Fsp3) is 0.296. The van der Waals surface area contributed by atoms with Crippen molar-refractivity contribution in [2.24, 2.45) is 4.99 Å². The summed E-state index contributed by atoms with van der Waals surface area (Å²) in [7, 11) is 20.3. The SMILES string of the molecule is [B]c1c(P)c([B])c(Oc2ccccc2N=Cc2cc(C(C)(C)C)cc(C(C)(C)C)c2O)c(P)c1P. The normalized spacial score (nSPS) is 12.4. The molecule has 3 aromatic carbocycles. The molecule has 0 heterocycles. The van der Waals surface area contributed by atoms with E-state index in [0.717, 1.165) is 21.7 Å². The number of phenols is 1. The molecule has 0 aliphatic carbocycles. The summed E-state index contributed by atoms with van der Waals surface area (Å²) in [6.07, 6.45) is 1.69. The van der Waals surface area contributed by atoms with Crippen molar-refractivity contribution in [1.82, 2.24) is 0 Å². The fourth-order valence-corrected chi connectivity index (χ4v) is 4.70. The number of phenolic OH excluding ortho intramolecular Hbond substituents is 1. The van der Waals surface area contributed by atoms with E-state index in [-0.39, 0.29) is 16.6 Å². The van der Waals surface area contributed by atoms with Gasteiger partial charge >= 0.3 is 0 Å². The van der Waals surface area contributed by atoms with Gasteiger partial charge in [0.25, 0.3) is 0 Å². The van der Waals surface area contributed by atoms with Gasteiger partial charge in [0.05, 0.1) is 0 Å². The summed E-state index contributed by atoms with van der Waals surface area (Å²) in [6.45, 7) is 12.8. The van der Waals surface area contributed by atoms with Gasteiger partial charge in [-0.2, -0.15) is 0 Å². The highest BCUT2D eigenvalue weighted by Crippen LogP contribution is 2.38. The van der Waals surface area contributed by atoms with Crippen LogP contribution in [0.3, 0.4) is 0 Å². The Labute approximate surface area is 219 Å². The zero-order chi connectivity index (χ0) is 26.3. The lowest BCUT2D eigenvalue weighted by molar-refractivity contribution is 0.444. The first-order valence-electron chi connectivity index (χ1n) is 11.3. The van der Waals surface area contributed by atoms with Gasteiger partial charge in [-0.25, -0.2) is 0 Å². The molecular formula is C27H32B2NO2P3. The van der Waals surface area contributed by atoms with Crippen LogP contribution >= 0.6 is 27.7 Å². The fourth-order valence-electron chi connectivity index (χ4n) is 3.59. The molecular weight excluding hydrogens is 485 g/mol. The average Bonchev–Trinajstić information content (AvgIpc) is 2.77. The highest BCUT2D eigenvalue weighted by atomic mass is 31.0. The number of para-hydroxylation sites is 2. The zero-order valence-corrected chi connectivity index (χ0v) is 24.7. The first-order chi connectivity index (χ1) is 16.1. The Hall–Kier alpha value is -1.65. The second-order valence-corrected chi connectivity index (χ2v) is 12.4. The smallest absolute Gasteiger partial charge is 0.153 e. The minimum Gasteiger partial charge on any atom is -0.507 e. The summed E-state index contributed by atoms with van der Waals surface area (Å²) in [5.74, 6) is 1.29. The molecule has 3 nitrogen and oxygen atoms in total. The van der Waals surface area contributed by atoms with Crippen LogP contribution in [-0.2, 0) is 10.8 Å². The molecule has 0 fully saturated rings. The molecule has 0 spiro atoms. The molecule has 3 unspecified atom stereocenters. The molecule has 0 amide bonds. The summed E-state index contributed by atoms with van der Waals surface area (Å²) in [4.78, 5) is 4.71. The van der Waals surface area contributed by atoms with Crippen LogP contribution in [0.4, 0.5) is 5.69 Å². The molecule has 0 aliphatic rings. The summed E-state index contributed by atoms with van der Waals surface area (Å²) >= 11 is 0. The van der Waals surface area contributed by atoms with E-state index in [1.165, 1.54) is 0 Å². The summed E-state index contributed by atoms with van der Waals surface area (Å²) in [5, 5.41) is 13.4. The third-order valence-electron chi connectivity index (χ3n) is 5.88. The van der Waals surface area contributed by atoms with E-state index < -0.39 is 0 Å². The van der Waals surface area contributed by atoms with Crippen molar-refractivity contribution in [3.8, 4) is 17.2 Å². The van der Waals surface area contributed by atoms with E-state index in [4.69, 9.17) is 25.4 Å². The minimum absolute atomic E-state index is 0.0784. The minimum atomic E-state index is -0.220. The van der Waals surface area contributed by atoms with Crippen LogP contribution < -0.4 is 31.6 Å². The molecule has 0 saturated carbocycles. The van der Waals surface area contributed by atoms with E-state index in [9.17, 15) is 5.11 Å². The molecule has 8 heteroatoms. The Morgan fingerprint density at radius 2 is 1.49 bits per heavy atom. The second kappa shape index (κ2) is 10.4. The van der Waals surface area contributed by atoms with Gasteiger partial charge < -0.3 is 9.84 Å². The quantitative estimate of drug-likeness (QED) is 0.327. The van der Waals surface area contributed by atoms with Crippen molar-refractivity contribution in [2.75, 3.05) is 0 Å². The maximum absolute atomic E-state index is 11.1. The summed E-state index contributed by atoms with van der Waals surface area (Å²) in [6, 6.07) is 11.6. The van der Waals surface area contributed by atoms with Crippen LogP contribution in [0.5, 0.6) is 17.2 Å². The van der Waals surface area contributed by atoms with E-state index in [2.05, 4.69) is 75.3 Å². The molecule has 0 saturated heterocycles. The molecule has 1 N–H and O–H groups in total. The van der Waals surface area contributed by atoms with Crippen LogP contribution in [0.2, 0.25) is 0 Å². The van der Waals surface area contributed by atoms with Gasteiger partial charge in [0.1, 0.15) is 32.9 Å². The lowest BCUT2D eigenvalue weighted by Gasteiger charge is -2.27. The third kappa shape index (κ3) is 6.02. The van der Waals surface area contributed by atoms with Gasteiger partial charge in [0.15, 0.2) is 5.75 Å². The lowest BCUT2D eigenvalue weighted by atomic mass is 9.79.